The zero-order chi connectivity index (χ0) is 18.6. The van der Waals surface area contributed by atoms with Crippen molar-refractivity contribution >= 4 is 11.9 Å². The molecule has 8 nitrogen and oxygen atoms in total. The van der Waals surface area contributed by atoms with E-state index < -0.39 is 22.8 Å². The molecule has 3 amide bonds. The zero-order valence-electron chi connectivity index (χ0n) is 14.5. The van der Waals surface area contributed by atoms with Crippen LogP contribution in [0.15, 0.2) is 39.9 Å². The normalized spacial score (nSPS) is 21.4. The van der Waals surface area contributed by atoms with Gasteiger partial charge in [0.1, 0.15) is 5.54 Å². The number of fused-ring (bicyclic) bond motifs is 2. The highest BCUT2D eigenvalue weighted by Gasteiger charge is 2.55. The summed E-state index contributed by atoms with van der Waals surface area (Å²) in [6.07, 6.45) is 1.21. The van der Waals surface area contributed by atoms with E-state index in [-0.39, 0.29) is 12.5 Å². The van der Waals surface area contributed by atoms with Crippen LogP contribution in [-0.4, -0.2) is 26.0 Å². The van der Waals surface area contributed by atoms with Gasteiger partial charge in [0.15, 0.2) is 0 Å². The average Bonchev–Trinajstić information content (AvgIpc) is 3.11. The molecule has 134 valence electrons. The lowest BCUT2D eigenvalue weighted by molar-refractivity contribution is -0.132. The summed E-state index contributed by atoms with van der Waals surface area (Å²) in [5.74, 6) is -0.347. The maximum atomic E-state index is 13.1. The van der Waals surface area contributed by atoms with Gasteiger partial charge in [0.05, 0.1) is 6.54 Å². The van der Waals surface area contributed by atoms with Crippen LogP contribution in [0.5, 0.6) is 0 Å². The fourth-order valence-electron chi connectivity index (χ4n) is 3.83. The minimum atomic E-state index is -1.05. The lowest BCUT2D eigenvalue weighted by Crippen LogP contribution is -2.42. The molecule has 1 aliphatic carbocycles. The van der Waals surface area contributed by atoms with E-state index in [1.54, 1.807) is 0 Å². The van der Waals surface area contributed by atoms with Gasteiger partial charge in [0, 0.05) is 25.9 Å². The van der Waals surface area contributed by atoms with Crippen LogP contribution in [0, 0.1) is 0 Å². The molecule has 2 aromatic rings. The highest BCUT2D eigenvalue weighted by Crippen LogP contribution is 2.41. The number of imide groups is 1. The van der Waals surface area contributed by atoms with E-state index in [0.29, 0.717) is 18.5 Å². The van der Waals surface area contributed by atoms with Gasteiger partial charge >= 0.3 is 11.7 Å². The van der Waals surface area contributed by atoms with E-state index in [2.05, 4.69) is 5.32 Å². The molecule has 1 aliphatic heterocycles. The zero-order valence-corrected chi connectivity index (χ0v) is 14.5. The largest absolute Gasteiger partial charge is 0.330 e. The Kier molecular flexibility index (Phi) is 3.40. The average molecular weight is 354 g/mol. The fraction of sp³-hybridized carbons (Fsp3) is 0.333. The van der Waals surface area contributed by atoms with Crippen LogP contribution < -0.4 is 16.6 Å². The highest BCUT2D eigenvalue weighted by atomic mass is 16.2. The first-order chi connectivity index (χ1) is 12.3. The van der Waals surface area contributed by atoms with E-state index in [1.807, 2.05) is 24.3 Å². The molecular weight excluding hydrogens is 336 g/mol. The van der Waals surface area contributed by atoms with E-state index in [9.17, 15) is 19.2 Å². The predicted octanol–water partition coefficient (Wildman–Crippen LogP) is -0.0225. The Morgan fingerprint density at radius 3 is 2.58 bits per heavy atom. The second-order valence-electron chi connectivity index (χ2n) is 6.76. The number of nitrogens with zero attached hydrogens (tertiary/aromatic N) is 3. The van der Waals surface area contributed by atoms with Crippen molar-refractivity contribution in [2.45, 2.75) is 24.9 Å². The number of hydrogen-bond donors (Lipinski definition) is 1. The standard InChI is InChI=1S/C18H18N4O4/c1-20-12(9-14(23)21(2)17(20)26)10-22-15(24)18(19-16(22)25)8-7-11-5-3-4-6-13(11)18/h3-6,9H,7-8,10H2,1-2H3,(H,19,25)/t18-/m0/s1. The lowest BCUT2D eigenvalue weighted by Gasteiger charge is -2.22. The van der Waals surface area contributed by atoms with Crippen LogP contribution in [0.2, 0.25) is 0 Å². The Morgan fingerprint density at radius 2 is 1.81 bits per heavy atom. The van der Waals surface area contributed by atoms with Gasteiger partial charge in [-0.3, -0.25) is 23.6 Å². The fourth-order valence-corrected chi connectivity index (χ4v) is 3.83. The maximum Gasteiger partial charge on any atom is 0.330 e. The topological polar surface area (TPSA) is 93.4 Å². The van der Waals surface area contributed by atoms with Gasteiger partial charge in [0.25, 0.3) is 11.5 Å². The van der Waals surface area contributed by atoms with Crippen molar-refractivity contribution in [2.75, 3.05) is 0 Å². The molecule has 2 aliphatic rings. The van der Waals surface area contributed by atoms with Crippen molar-refractivity contribution < 1.29 is 9.59 Å². The number of rotatable bonds is 2. The summed E-state index contributed by atoms with van der Waals surface area (Å²) in [5.41, 5.74) is 0.149. The molecule has 0 saturated carbocycles. The van der Waals surface area contributed by atoms with Crippen molar-refractivity contribution in [3.05, 3.63) is 68.0 Å². The Labute approximate surface area is 148 Å². The monoisotopic (exact) mass is 354 g/mol. The quantitative estimate of drug-likeness (QED) is 0.767. The van der Waals surface area contributed by atoms with E-state index >= 15 is 0 Å². The molecule has 2 heterocycles. The summed E-state index contributed by atoms with van der Waals surface area (Å²) < 4.78 is 2.25. The Morgan fingerprint density at radius 1 is 1.08 bits per heavy atom. The van der Waals surface area contributed by atoms with Gasteiger partial charge in [-0.1, -0.05) is 24.3 Å². The number of aryl methyl sites for hydroxylation is 1. The molecule has 4 rings (SSSR count). The molecule has 8 heteroatoms. The molecule has 1 spiro atoms. The number of carbonyl (C=O) groups excluding carboxylic acids is 2. The van der Waals surface area contributed by atoms with Crippen molar-refractivity contribution in [3.8, 4) is 0 Å². The number of nitrogens with one attached hydrogen (secondary N) is 1. The molecule has 0 unspecified atom stereocenters. The summed E-state index contributed by atoms with van der Waals surface area (Å²) in [4.78, 5) is 50.7. The number of benzene rings is 1. The van der Waals surface area contributed by atoms with Crippen LogP contribution in [0.1, 0.15) is 23.2 Å². The van der Waals surface area contributed by atoms with Crippen molar-refractivity contribution in [1.82, 2.24) is 19.4 Å². The van der Waals surface area contributed by atoms with Crippen molar-refractivity contribution in [1.29, 1.82) is 0 Å². The smallest absolute Gasteiger partial charge is 0.319 e. The minimum Gasteiger partial charge on any atom is -0.319 e. The maximum absolute atomic E-state index is 13.1. The van der Waals surface area contributed by atoms with E-state index in [4.69, 9.17) is 0 Å². The molecule has 0 radical (unpaired) electrons. The first-order valence-electron chi connectivity index (χ1n) is 8.33. The summed E-state index contributed by atoms with van der Waals surface area (Å²) in [6.45, 7) is -0.129. The van der Waals surface area contributed by atoms with Crippen LogP contribution in [0.25, 0.3) is 0 Å². The van der Waals surface area contributed by atoms with Crippen molar-refractivity contribution in [2.24, 2.45) is 14.1 Å². The van der Waals surface area contributed by atoms with Gasteiger partial charge in [0.2, 0.25) is 0 Å². The molecule has 1 atom stereocenters. The summed E-state index contributed by atoms with van der Waals surface area (Å²) in [6, 6.07) is 8.33. The third-order valence-electron chi connectivity index (χ3n) is 5.37. The summed E-state index contributed by atoms with van der Waals surface area (Å²) in [7, 11) is 2.89. The second-order valence-corrected chi connectivity index (χ2v) is 6.76. The van der Waals surface area contributed by atoms with Crippen LogP contribution >= 0.6 is 0 Å². The highest BCUT2D eigenvalue weighted by molar-refractivity contribution is 6.08. The molecule has 1 aromatic heterocycles. The van der Waals surface area contributed by atoms with Gasteiger partial charge in [-0.2, -0.15) is 0 Å². The molecule has 0 bridgehead atoms. The molecule has 1 saturated heterocycles. The van der Waals surface area contributed by atoms with Gasteiger partial charge in [-0.25, -0.2) is 9.59 Å². The molecular formula is C18H18N4O4. The lowest BCUT2D eigenvalue weighted by atomic mass is 9.92. The number of urea groups is 1. The number of carbonyl (C=O) groups is 2. The molecule has 1 aromatic carbocycles. The number of amides is 3. The molecule has 1 fully saturated rings. The number of hydrogen-bond acceptors (Lipinski definition) is 4. The molecule has 1 N–H and O–H groups in total. The first kappa shape index (κ1) is 16.3. The van der Waals surface area contributed by atoms with Gasteiger partial charge in [-0.15, -0.1) is 0 Å². The third-order valence-corrected chi connectivity index (χ3v) is 5.37. The molecule has 26 heavy (non-hydrogen) atoms. The summed E-state index contributed by atoms with van der Waals surface area (Å²) in [5, 5.41) is 2.83. The van der Waals surface area contributed by atoms with Gasteiger partial charge in [-0.05, 0) is 24.0 Å². The second kappa shape index (κ2) is 5.42. The SMILES string of the molecule is Cn1c(CN2C(=O)N[C@]3(CCc4ccccc43)C2=O)cc(=O)n(C)c1=O. The Hall–Kier alpha value is -3.16. The Bertz CT molecular complexity index is 1070. The van der Waals surface area contributed by atoms with E-state index in [0.717, 1.165) is 20.6 Å². The number of aromatic nitrogens is 2. The predicted molar refractivity (Wildman–Crippen MR) is 92.4 cm³/mol. The van der Waals surface area contributed by atoms with Crippen LogP contribution in [0.3, 0.4) is 0 Å². The first-order valence-corrected chi connectivity index (χ1v) is 8.33. The summed E-state index contributed by atoms with van der Waals surface area (Å²) >= 11 is 0. The van der Waals surface area contributed by atoms with Crippen LogP contribution in [0.4, 0.5) is 4.79 Å². The van der Waals surface area contributed by atoms with Gasteiger partial charge < -0.3 is 5.32 Å². The Balaban J connectivity index is 1.73. The minimum absolute atomic E-state index is 0.129. The van der Waals surface area contributed by atoms with E-state index in [1.165, 1.54) is 24.7 Å². The van der Waals surface area contributed by atoms with Crippen LogP contribution in [-0.2, 0) is 37.4 Å². The third kappa shape index (κ3) is 2.08. The van der Waals surface area contributed by atoms with Crippen molar-refractivity contribution in [3.63, 3.8) is 0 Å².